The summed E-state index contributed by atoms with van der Waals surface area (Å²) in [5.41, 5.74) is 2.11. The van der Waals surface area contributed by atoms with Crippen LogP contribution in [0.2, 0.25) is 0 Å². The van der Waals surface area contributed by atoms with Crippen molar-refractivity contribution in [3.63, 3.8) is 0 Å². The molecule has 1 heterocycles. The first-order valence-corrected chi connectivity index (χ1v) is 6.68. The molecule has 1 N–H and O–H groups in total. The van der Waals surface area contributed by atoms with Crippen molar-refractivity contribution in [2.24, 2.45) is 0 Å². The summed E-state index contributed by atoms with van der Waals surface area (Å²) in [5.74, 6) is 0.862. The minimum atomic E-state index is 0.702. The zero-order chi connectivity index (χ0) is 13.1. The Morgan fingerprint density at radius 1 is 1.11 bits per heavy atom. The summed E-state index contributed by atoms with van der Waals surface area (Å²) in [5, 5.41) is 12.0. The third kappa shape index (κ3) is 3.09. The minimum Gasteiger partial charge on any atom is -0.328 e. The van der Waals surface area contributed by atoms with Crippen LogP contribution in [0, 0.1) is 0 Å². The van der Waals surface area contributed by atoms with Gasteiger partial charge in [-0.25, -0.2) is 0 Å². The first-order chi connectivity index (χ1) is 9.33. The number of nitrogens with one attached hydrogen (secondary N) is 1. The summed E-state index contributed by atoms with van der Waals surface area (Å²) in [6, 6.07) is 14.9. The molecule has 3 rings (SSSR count). The summed E-state index contributed by atoms with van der Waals surface area (Å²) in [4.78, 5) is 2.03. The Morgan fingerprint density at radius 2 is 1.89 bits per heavy atom. The summed E-state index contributed by atoms with van der Waals surface area (Å²) in [6.45, 7) is 0.812. The Kier molecular flexibility index (Phi) is 3.42. The van der Waals surface area contributed by atoms with Crippen molar-refractivity contribution >= 4 is 11.5 Å². The van der Waals surface area contributed by atoms with Gasteiger partial charge in [-0.2, -0.15) is 5.10 Å². The molecule has 1 aromatic heterocycles. The van der Waals surface area contributed by atoms with E-state index in [1.54, 1.807) is 0 Å². The van der Waals surface area contributed by atoms with Crippen LogP contribution in [-0.4, -0.2) is 23.3 Å². The molecule has 2 aromatic rings. The molecular formula is C15H18N4. The van der Waals surface area contributed by atoms with Crippen LogP contribution < -0.4 is 10.2 Å². The standard InChI is InChI=1S/C15H18N4/c1-19(14-5-3-2-4-6-14)15-10-9-13(17-18-15)11-16-12-7-8-12/h2-6,9-10,12,16H,7-8,11H2,1H3. The van der Waals surface area contributed by atoms with Crippen LogP contribution in [-0.2, 0) is 6.54 Å². The second-order valence-electron chi connectivity index (χ2n) is 4.93. The Bertz CT molecular complexity index is 520. The van der Waals surface area contributed by atoms with Crippen LogP contribution in [0.25, 0.3) is 0 Å². The van der Waals surface area contributed by atoms with Crippen LogP contribution in [0.4, 0.5) is 11.5 Å². The van der Waals surface area contributed by atoms with Crippen molar-refractivity contribution in [3.05, 3.63) is 48.2 Å². The van der Waals surface area contributed by atoms with Crippen LogP contribution in [0.15, 0.2) is 42.5 Å². The average molecular weight is 254 g/mol. The lowest BCUT2D eigenvalue weighted by molar-refractivity contribution is 0.665. The van der Waals surface area contributed by atoms with E-state index in [1.165, 1.54) is 12.8 Å². The molecular weight excluding hydrogens is 236 g/mol. The zero-order valence-electron chi connectivity index (χ0n) is 11.1. The molecule has 0 unspecified atom stereocenters. The maximum absolute atomic E-state index is 4.29. The normalized spacial score (nSPS) is 14.4. The molecule has 0 saturated heterocycles. The van der Waals surface area contributed by atoms with Crippen LogP contribution >= 0.6 is 0 Å². The number of anilines is 2. The third-order valence-electron chi connectivity index (χ3n) is 3.34. The maximum Gasteiger partial charge on any atom is 0.155 e. The van der Waals surface area contributed by atoms with Crippen molar-refractivity contribution < 1.29 is 0 Å². The highest BCUT2D eigenvalue weighted by molar-refractivity contribution is 5.58. The monoisotopic (exact) mass is 254 g/mol. The van der Waals surface area contributed by atoms with E-state index >= 15 is 0 Å². The predicted molar refractivity (Wildman–Crippen MR) is 76.4 cm³/mol. The van der Waals surface area contributed by atoms with Crippen molar-refractivity contribution in [1.29, 1.82) is 0 Å². The van der Waals surface area contributed by atoms with E-state index < -0.39 is 0 Å². The SMILES string of the molecule is CN(c1ccccc1)c1ccc(CNC2CC2)nn1. The van der Waals surface area contributed by atoms with Gasteiger partial charge in [0.05, 0.1) is 5.69 Å². The molecule has 0 atom stereocenters. The molecule has 0 aliphatic heterocycles. The van der Waals surface area contributed by atoms with Gasteiger partial charge >= 0.3 is 0 Å². The molecule has 4 heteroatoms. The summed E-state index contributed by atoms with van der Waals surface area (Å²) in [7, 11) is 2.00. The first kappa shape index (κ1) is 12.1. The summed E-state index contributed by atoms with van der Waals surface area (Å²) in [6.07, 6.45) is 2.59. The van der Waals surface area contributed by atoms with E-state index in [2.05, 4.69) is 27.6 Å². The number of hydrogen-bond acceptors (Lipinski definition) is 4. The molecule has 4 nitrogen and oxygen atoms in total. The number of nitrogens with zero attached hydrogens (tertiary/aromatic N) is 3. The number of hydrogen-bond donors (Lipinski definition) is 1. The number of rotatable bonds is 5. The fraction of sp³-hybridized carbons (Fsp3) is 0.333. The highest BCUT2D eigenvalue weighted by Crippen LogP contribution is 2.21. The lowest BCUT2D eigenvalue weighted by Crippen LogP contribution is -2.17. The van der Waals surface area contributed by atoms with Gasteiger partial charge in [-0.3, -0.25) is 0 Å². The minimum absolute atomic E-state index is 0.702. The van der Waals surface area contributed by atoms with Gasteiger partial charge in [-0.15, -0.1) is 5.10 Å². The van der Waals surface area contributed by atoms with Crippen LogP contribution in [0.5, 0.6) is 0 Å². The molecule has 0 radical (unpaired) electrons. The van der Waals surface area contributed by atoms with Gasteiger partial charge in [0.1, 0.15) is 0 Å². The molecule has 19 heavy (non-hydrogen) atoms. The van der Waals surface area contributed by atoms with E-state index in [4.69, 9.17) is 0 Å². The van der Waals surface area contributed by atoms with E-state index in [-0.39, 0.29) is 0 Å². The van der Waals surface area contributed by atoms with Gasteiger partial charge in [-0.1, -0.05) is 18.2 Å². The summed E-state index contributed by atoms with van der Waals surface area (Å²) < 4.78 is 0. The van der Waals surface area contributed by atoms with Gasteiger partial charge in [-0.05, 0) is 37.1 Å². The Hall–Kier alpha value is -1.94. The van der Waals surface area contributed by atoms with Gasteiger partial charge in [0.15, 0.2) is 5.82 Å². The third-order valence-corrected chi connectivity index (χ3v) is 3.34. The molecule has 1 aliphatic rings. The number of benzene rings is 1. The Labute approximate surface area is 113 Å². The van der Waals surface area contributed by atoms with Crippen LogP contribution in [0.1, 0.15) is 18.5 Å². The molecule has 1 aromatic carbocycles. The van der Waals surface area contributed by atoms with E-state index in [9.17, 15) is 0 Å². The first-order valence-electron chi connectivity index (χ1n) is 6.68. The lowest BCUT2D eigenvalue weighted by atomic mass is 10.3. The average Bonchev–Trinajstić information content (AvgIpc) is 3.30. The highest BCUT2D eigenvalue weighted by atomic mass is 15.2. The maximum atomic E-state index is 4.29. The van der Waals surface area contributed by atoms with Crippen molar-refractivity contribution in [1.82, 2.24) is 15.5 Å². The van der Waals surface area contributed by atoms with Gasteiger partial charge in [0.25, 0.3) is 0 Å². The fourth-order valence-corrected chi connectivity index (χ4v) is 1.95. The molecule has 0 amide bonds. The second-order valence-corrected chi connectivity index (χ2v) is 4.93. The van der Waals surface area contributed by atoms with Crippen LogP contribution in [0.3, 0.4) is 0 Å². The molecule has 0 spiro atoms. The smallest absolute Gasteiger partial charge is 0.155 e. The largest absolute Gasteiger partial charge is 0.328 e. The second kappa shape index (κ2) is 5.36. The molecule has 1 saturated carbocycles. The lowest BCUT2D eigenvalue weighted by Gasteiger charge is -2.17. The van der Waals surface area contributed by atoms with E-state index in [0.717, 1.165) is 23.7 Å². The summed E-state index contributed by atoms with van der Waals surface area (Å²) >= 11 is 0. The molecule has 98 valence electrons. The zero-order valence-corrected chi connectivity index (χ0v) is 11.1. The van der Waals surface area contributed by atoms with Crippen molar-refractivity contribution in [3.8, 4) is 0 Å². The van der Waals surface area contributed by atoms with E-state index in [1.807, 2.05) is 42.3 Å². The molecule has 1 aliphatic carbocycles. The van der Waals surface area contributed by atoms with Gasteiger partial charge in [0, 0.05) is 25.3 Å². The fourth-order valence-electron chi connectivity index (χ4n) is 1.95. The highest BCUT2D eigenvalue weighted by Gasteiger charge is 2.20. The number of para-hydroxylation sites is 1. The van der Waals surface area contributed by atoms with Gasteiger partial charge in [0.2, 0.25) is 0 Å². The van der Waals surface area contributed by atoms with Crippen molar-refractivity contribution in [2.75, 3.05) is 11.9 Å². The van der Waals surface area contributed by atoms with Crippen molar-refractivity contribution in [2.45, 2.75) is 25.4 Å². The van der Waals surface area contributed by atoms with Gasteiger partial charge < -0.3 is 10.2 Å². The Morgan fingerprint density at radius 3 is 2.53 bits per heavy atom. The Balaban J connectivity index is 1.67. The van der Waals surface area contributed by atoms with E-state index in [0.29, 0.717) is 6.04 Å². The topological polar surface area (TPSA) is 41.0 Å². The predicted octanol–water partition coefficient (Wildman–Crippen LogP) is 2.50. The molecule has 0 bridgehead atoms. The molecule has 1 fully saturated rings. The number of aromatic nitrogens is 2. The quantitative estimate of drug-likeness (QED) is 0.890.